The number of esters is 1. The third-order valence-corrected chi connectivity index (χ3v) is 3.09. The molecule has 2 rings (SSSR count). The minimum Gasteiger partial charge on any atom is -0.461 e. The van der Waals surface area contributed by atoms with Gasteiger partial charge in [-0.3, -0.25) is 10.1 Å². The van der Waals surface area contributed by atoms with E-state index in [2.05, 4.69) is 15.4 Å². The number of aromatic amines is 1. The first-order chi connectivity index (χ1) is 9.95. The summed E-state index contributed by atoms with van der Waals surface area (Å²) in [6.07, 6.45) is 0. The number of ether oxygens (including phenoxy) is 1. The Morgan fingerprint density at radius 3 is 2.52 bits per heavy atom. The molecule has 0 spiro atoms. The number of nitrogens with one attached hydrogen (secondary N) is 1. The smallest absolute Gasteiger partial charge is 0.361 e. The third kappa shape index (κ3) is 2.96. The van der Waals surface area contributed by atoms with Crippen molar-refractivity contribution in [1.29, 1.82) is 0 Å². The summed E-state index contributed by atoms with van der Waals surface area (Å²) >= 11 is 12.0. The lowest BCUT2D eigenvalue weighted by molar-refractivity contribution is -0.384. The molecule has 0 fully saturated rings. The number of benzene rings is 1. The average molecular weight is 331 g/mol. The van der Waals surface area contributed by atoms with Crippen molar-refractivity contribution in [1.82, 2.24) is 15.4 Å². The van der Waals surface area contributed by atoms with Crippen LogP contribution in [0.5, 0.6) is 0 Å². The summed E-state index contributed by atoms with van der Waals surface area (Å²) < 4.78 is 4.83. The number of rotatable bonds is 4. The molecule has 0 saturated heterocycles. The van der Waals surface area contributed by atoms with Crippen LogP contribution in [0.25, 0.3) is 11.3 Å². The zero-order chi connectivity index (χ0) is 15.6. The molecule has 110 valence electrons. The molecule has 0 saturated carbocycles. The van der Waals surface area contributed by atoms with Crippen molar-refractivity contribution in [3.63, 3.8) is 0 Å². The lowest BCUT2D eigenvalue weighted by Gasteiger charge is -2.05. The number of nitrogens with zero attached hydrogens (tertiary/aromatic N) is 3. The average Bonchev–Trinajstić information content (AvgIpc) is 2.87. The van der Waals surface area contributed by atoms with Crippen molar-refractivity contribution in [2.24, 2.45) is 0 Å². The maximum atomic E-state index is 11.8. The Labute approximate surface area is 128 Å². The Kier molecular flexibility index (Phi) is 4.39. The van der Waals surface area contributed by atoms with E-state index in [4.69, 9.17) is 27.9 Å². The molecule has 0 aliphatic carbocycles. The maximum Gasteiger partial charge on any atom is 0.361 e. The first kappa shape index (κ1) is 15.2. The van der Waals surface area contributed by atoms with Gasteiger partial charge in [-0.15, -0.1) is 5.10 Å². The van der Waals surface area contributed by atoms with Crippen LogP contribution in [0.2, 0.25) is 10.0 Å². The highest BCUT2D eigenvalue weighted by atomic mass is 35.5. The monoisotopic (exact) mass is 330 g/mol. The number of nitro benzene ring substituents is 1. The SMILES string of the molecule is CCOC(=O)c1n[nH]nc1-c1c(Cl)cc([N+](=O)[O-])cc1Cl. The molecule has 2 aromatic rings. The molecular formula is C11H8Cl2N4O4. The fraction of sp³-hybridized carbons (Fsp3) is 0.182. The standard InChI is InChI=1S/C11H8Cl2N4O4/c1-2-21-11(18)10-9(14-16-15-10)8-6(12)3-5(17(19)20)4-7(8)13/h3-4H,2H2,1H3,(H,14,15,16). The lowest BCUT2D eigenvalue weighted by Crippen LogP contribution is -2.07. The first-order valence-corrected chi connectivity index (χ1v) is 6.43. The zero-order valence-corrected chi connectivity index (χ0v) is 12.1. The van der Waals surface area contributed by atoms with Gasteiger partial charge in [0.1, 0.15) is 5.69 Å². The summed E-state index contributed by atoms with van der Waals surface area (Å²) in [5.41, 5.74) is -0.136. The highest BCUT2D eigenvalue weighted by molar-refractivity contribution is 6.39. The molecule has 8 nitrogen and oxygen atoms in total. The van der Waals surface area contributed by atoms with Gasteiger partial charge in [0.2, 0.25) is 0 Å². The number of hydrogen-bond donors (Lipinski definition) is 1. The molecular weight excluding hydrogens is 323 g/mol. The van der Waals surface area contributed by atoms with Crippen LogP contribution in [-0.4, -0.2) is 32.9 Å². The van der Waals surface area contributed by atoms with E-state index in [-0.39, 0.29) is 39.3 Å². The van der Waals surface area contributed by atoms with Gasteiger partial charge in [-0.2, -0.15) is 10.3 Å². The molecule has 10 heteroatoms. The van der Waals surface area contributed by atoms with E-state index in [1.165, 1.54) is 0 Å². The molecule has 0 amide bonds. The van der Waals surface area contributed by atoms with Crippen LogP contribution in [0.15, 0.2) is 12.1 Å². The Bertz CT molecular complexity index is 693. The van der Waals surface area contributed by atoms with Crippen molar-refractivity contribution >= 4 is 34.9 Å². The van der Waals surface area contributed by atoms with Crippen LogP contribution in [0.3, 0.4) is 0 Å². The van der Waals surface area contributed by atoms with E-state index in [0.29, 0.717) is 0 Å². The number of carbonyl (C=O) groups is 1. The molecule has 1 N–H and O–H groups in total. The molecule has 1 aromatic heterocycles. The second-order valence-electron chi connectivity index (χ2n) is 3.78. The van der Waals surface area contributed by atoms with E-state index in [1.54, 1.807) is 6.92 Å². The summed E-state index contributed by atoms with van der Waals surface area (Å²) in [4.78, 5) is 21.9. The van der Waals surface area contributed by atoms with Crippen molar-refractivity contribution < 1.29 is 14.5 Å². The van der Waals surface area contributed by atoms with E-state index in [9.17, 15) is 14.9 Å². The second-order valence-corrected chi connectivity index (χ2v) is 4.60. The number of non-ortho nitro benzene ring substituents is 1. The van der Waals surface area contributed by atoms with Crippen molar-refractivity contribution in [2.75, 3.05) is 6.61 Å². The summed E-state index contributed by atoms with van der Waals surface area (Å²) in [6, 6.07) is 2.23. The van der Waals surface area contributed by atoms with Gasteiger partial charge < -0.3 is 4.74 Å². The molecule has 0 atom stereocenters. The molecule has 0 radical (unpaired) electrons. The van der Waals surface area contributed by atoms with Crippen LogP contribution in [0.1, 0.15) is 17.4 Å². The second kappa shape index (κ2) is 6.06. The molecule has 21 heavy (non-hydrogen) atoms. The molecule has 0 unspecified atom stereocenters. The molecule has 1 heterocycles. The van der Waals surface area contributed by atoms with Crippen LogP contribution in [-0.2, 0) is 4.74 Å². The summed E-state index contributed by atoms with van der Waals surface area (Å²) in [6.45, 7) is 1.80. The Morgan fingerprint density at radius 2 is 2.00 bits per heavy atom. The van der Waals surface area contributed by atoms with Gasteiger partial charge >= 0.3 is 5.97 Å². The van der Waals surface area contributed by atoms with Crippen LogP contribution < -0.4 is 0 Å². The van der Waals surface area contributed by atoms with Crippen LogP contribution >= 0.6 is 23.2 Å². The van der Waals surface area contributed by atoms with E-state index < -0.39 is 10.9 Å². The fourth-order valence-corrected chi connectivity index (χ4v) is 2.29. The quantitative estimate of drug-likeness (QED) is 0.524. The molecule has 0 bridgehead atoms. The van der Waals surface area contributed by atoms with Gasteiger partial charge in [0.15, 0.2) is 5.69 Å². The van der Waals surface area contributed by atoms with E-state index in [0.717, 1.165) is 12.1 Å². The Morgan fingerprint density at radius 1 is 1.38 bits per heavy atom. The predicted octanol–water partition coefficient (Wildman–Crippen LogP) is 2.86. The van der Waals surface area contributed by atoms with E-state index >= 15 is 0 Å². The van der Waals surface area contributed by atoms with Gasteiger partial charge in [-0.25, -0.2) is 4.79 Å². The number of halogens is 2. The maximum absolute atomic E-state index is 11.8. The molecule has 0 aliphatic heterocycles. The lowest BCUT2D eigenvalue weighted by atomic mass is 10.1. The summed E-state index contributed by atoms with van der Waals surface area (Å²) in [5.74, 6) is -0.702. The summed E-state index contributed by atoms with van der Waals surface area (Å²) in [7, 11) is 0. The Hall–Kier alpha value is -2.19. The number of H-pyrrole nitrogens is 1. The number of nitro groups is 1. The van der Waals surface area contributed by atoms with Gasteiger partial charge in [0.05, 0.1) is 21.6 Å². The first-order valence-electron chi connectivity index (χ1n) is 5.67. The van der Waals surface area contributed by atoms with Crippen molar-refractivity contribution in [2.45, 2.75) is 6.92 Å². The largest absolute Gasteiger partial charge is 0.461 e. The van der Waals surface area contributed by atoms with Gasteiger partial charge in [-0.1, -0.05) is 23.2 Å². The molecule has 1 aromatic carbocycles. The Balaban J connectivity index is 2.56. The number of aromatic nitrogens is 3. The van der Waals surface area contributed by atoms with Crippen molar-refractivity contribution in [3.8, 4) is 11.3 Å². The van der Waals surface area contributed by atoms with Gasteiger partial charge in [0.25, 0.3) is 5.69 Å². The zero-order valence-electron chi connectivity index (χ0n) is 10.6. The normalized spacial score (nSPS) is 10.4. The van der Waals surface area contributed by atoms with Gasteiger partial charge in [0, 0.05) is 17.7 Å². The number of carbonyl (C=O) groups excluding carboxylic acids is 1. The van der Waals surface area contributed by atoms with E-state index in [1.807, 2.05) is 0 Å². The predicted molar refractivity (Wildman–Crippen MR) is 74.4 cm³/mol. The van der Waals surface area contributed by atoms with Crippen LogP contribution in [0.4, 0.5) is 5.69 Å². The molecule has 0 aliphatic rings. The van der Waals surface area contributed by atoms with Crippen LogP contribution in [0, 0.1) is 10.1 Å². The number of hydrogen-bond acceptors (Lipinski definition) is 6. The van der Waals surface area contributed by atoms with Gasteiger partial charge in [-0.05, 0) is 6.92 Å². The van der Waals surface area contributed by atoms with Crippen molar-refractivity contribution in [3.05, 3.63) is 38.0 Å². The highest BCUT2D eigenvalue weighted by Crippen LogP contribution is 2.38. The summed E-state index contributed by atoms with van der Waals surface area (Å²) in [5, 5.41) is 20.5. The third-order valence-electron chi connectivity index (χ3n) is 2.49. The fourth-order valence-electron chi connectivity index (χ4n) is 1.64. The topological polar surface area (TPSA) is 111 Å². The minimum absolute atomic E-state index is 0.0198. The minimum atomic E-state index is -0.702. The highest BCUT2D eigenvalue weighted by Gasteiger charge is 2.25.